The molecule has 10 heteroatoms. The molecule has 34 heavy (non-hydrogen) atoms. The lowest BCUT2D eigenvalue weighted by Crippen LogP contribution is -2.50. The molecule has 0 aliphatic carbocycles. The van der Waals surface area contributed by atoms with Gasteiger partial charge in [-0.1, -0.05) is 0 Å². The fraction of sp³-hybridized carbons (Fsp3) is 0.750. The standard InChI is InChI=1S/C24H37N7O3/c1-18-16-30(20-6-13-33-17-20)7-5-8-31(18)22-26-19(15-25)14-21(27-22)28-9-11-29(12-10-28)23(32)34-24(2,3)4/h14,18,20H,5-13,16-17H2,1-4H3/t18-,20?/m0/s1. The zero-order chi connectivity index (χ0) is 24.3. The number of piperazine rings is 1. The molecule has 186 valence electrons. The molecule has 0 radical (unpaired) electrons. The summed E-state index contributed by atoms with van der Waals surface area (Å²) < 4.78 is 11.1. The van der Waals surface area contributed by atoms with Gasteiger partial charge >= 0.3 is 6.09 Å². The van der Waals surface area contributed by atoms with Crippen LogP contribution >= 0.6 is 0 Å². The highest BCUT2D eigenvalue weighted by Gasteiger charge is 2.31. The van der Waals surface area contributed by atoms with Crippen LogP contribution in [0.15, 0.2) is 6.07 Å². The molecular weight excluding hydrogens is 434 g/mol. The molecular formula is C24H37N7O3. The van der Waals surface area contributed by atoms with Crippen LogP contribution in [0, 0.1) is 11.3 Å². The Balaban J connectivity index is 1.45. The van der Waals surface area contributed by atoms with Gasteiger partial charge in [0.2, 0.25) is 5.95 Å². The van der Waals surface area contributed by atoms with Gasteiger partial charge in [-0.2, -0.15) is 10.2 Å². The molecule has 1 unspecified atom stereocenters. The summed E-state index contributed by atoms with van der Waals surface area (Å²) in [4.78, 5) is 30.5. The zero-order valence-corrected chi connectivity index (χ0v) is 20.9. The first-order valence-electron chi connectivity index (χ1n) is 12.3. The Morgan fingerprint density at radius 3 is 2.59 bits per heavy atom. The van der Waals surface area contributed by atoms with Crippen molar-refractivity contribution < 1.29 is 14.3 Å². The van der Waals surface area contributed by atoms with Gasteiger partial charge < -0.3 is 24.2 Å². The molecule has 4 heterocycles. The van der Waals surface area contributed by atoms with Crippen LogP contribution in [0.2, 0.25) is 0 Å². The van der Waals surface area contributed by atoms with Crippen LogP contribution in [-0.4, -0.2) is 103 Å². The number of hydrogen-bond acceptors (Lipinski definition) is 9. The van der Waals surface area contributed by atoms with Crippen LogP contribution < -0.4 is 9.80 Å². The predicted molar refractivity (Wildman–Crippen MR) is 129 cm³/mol. The molecule has 0 N–H and O–H groups in total. The highest BCUT2D eigenvalue weighted by molar-refractivity contribution is 5.68. The topological polar surface area (TPSA) is 98.1 Å². The molecule has 3 saturated heterocycles. The third-order valence-electron chi connectivity index (χ3n) is 6.62. The van der Waals surface area contributed by atoms with Crippen molar-refractivity contribution in [1.82, 2.24) is 19.8 Å². The molecule has 3 aliphatic rings. The molecule has 10 nitrogen and oxygen atoms in total. The number of amides is 1. The Hall–Kier alpha value is -2.64. The quantitative estimate of drug-likeness (QED) is 0.656. The Bertz CT molecular complexity index is 899. The largest absolute Gasteiger partial charge is 0.444 e. The van der Waals surface area contributed by atoms with Crippen LogP contribution in [0.25, 0.3) is 0 Å². The van der Waals surface area contributed by atoms with Gasteiger partial charge in [0, 0.05) is 70.6 Å². The van der Waals surface area contributed by atoms with Crippen molar-refractivity contribution >= 4 is 17.9 Å². The van der Waals surface area contributed by atoms with Crippen LogP contribution in [0.1, 0.15) is 46.2 Å². The fourth-order valence-electron chi connectivity index (χ4n) is 4.85. The number of hydrogen-bond donors (Lipinski definition) is 0. The molecule has 2 atom stereocenters. The molecule has 1 amide bonds. The smallest absolute Gasteiger partial charge is 0.410 e. The van der Waals surface area contributed by atoms with Crippen LogP contribution in [-0.2, 0) is 9.47 Å². The Morgan fingerprint density at radius 2 is 1.94 bits per heavy atom. The van der Waals surface area contributed by atoms with Crippen molar-refractivity contribution in [2.75, 3.05) is 68.8 Å². The second kappa shape index (κ2) is 10.3. The predicted octanol–water partition coefficient (Wildman–Crippen LogP) is 2.09. The van der Waals surface area contributed by atoms with Gasteiger partial charge in [-0.25, -0.2) is 9.78 Å². The van der Waals surface area contributed by atoms with E-state index in [4.69, 9.17) is 14.5 Å². The molecule has 1 aromatic rings. The monoisotopic (exact) mass is 471 g/mol. The number of carbonyl (C=O) groups is 1. The number of nitriles is 1. The molecule has 3 fully saturated rings. The summed E-state index contributed by atoms with van der Waals surface area (Å²) in [6.07, 6.45) is 1.82. The number of aromatic nitrogens is 2. The maximum atomic E-state index is 12.4. The molecule has 4 rings (SSSR count). The molecule has 3 aliphatic heterocycles. The summed E-state index contributed by atoms with van der Waals surface area (Å²) >= 11 is 0. The maximum absolute atomic E-state index is 12.4. The highest BCUT2D eigenvalue weighted by Crippen LogP contribution is 2.24. The molecule has 0 aromatic carbocycles. The molecule has 0 bridgehead atoms. The summed E-state index contributed by atoms with van der Waals surface area (Å²) in [5, 5.41) is 9.64. The van der Waals surface area contributed by atoms with E-state index in [9.17, 15) is 10.1 Å². The summed E-state index contributed by atoms with van der Waals surface area (Å²) in [7, 11) is 0. The number of ether oxygens (including phenoxy) is 2. The Labute approximate surface area is 202 Å². The van der Waals surface area contributed by atoms with E-state index in [1.54, 1.807) is 11.0 Å². The highest BCUT2D eigenvalue weighted by atomic mass is 16.6. The number of carbonyl (C=O) groups excluding carboxylic acids is 1. The van der Waals surface area contributed by atoms with E-state index in [1.165, 1.54) is 0 Å². The van der Waals surface area contributed by atoms with E-state index in [-0.39, 0.29) is 12.1 Å². The number of rotatable bonds is 3. The third-order valence-corrected chi connectivity index (χ3v) is 6.62. The van der Waals surface area contributed by atoms with Gasteiger partial charge in [0.05, 0.1) is 6.61 Å². The normalized spacial score (nSPS) is 24.6. The van der Waals surface area contributed by atoms with Gasteiger partial charge in [-0.05, 0) is 40.5 Å². The van der Waals surface area contributed by atoms with Gasteiger partial charge in [0.15, 0.2) is 0 Å². The molecule has 0 spiro atoms. The van der Waals surface area contributed by atoms with Crippen molar-refractivity contribution in [2.45, 2.75) is 58.2 Å². The van der Waals surface area contributed by atoms with Gasteiger partial charge in [0.25, 0.3) is 0 Å². The van der Waals surface area contributed by atoms with Crippen LogP contribution in [0.3, 0.4) is 0 Å². The lowest BCUT2D eigenvalue weighted by atomic mass is 10.2. The van der Waals surface area contributed by atoms with E-state index < -0.39 is 5.60 Å². The molecule has 0 saturated carbocycles. The summed E-state index contributed by atoms with van der Waals surface area (Å²) in [5.41, 5.74) is -0.145. The first kappa shape index (κ1) is 24.5. The first-order chi connectivity index (χ1) is 16.2. The molecule has 1 aromatic heterocycles. The van der Waals surface area contributed by atoms with E-state index >= 15 is 0 Å². The second-order valence-electron chi connectivity index (χ2n) is 10.4. The zero-order valence-electron chi connectivity index (χ0n) is 20.9. The van der Waals surface area contributed by atoms with Crippen molar-refractivity contribution in [3.8, 4) is 6.07 Å². The van der Waals surface area contributed by atoms with E-state index in [2.05, 4.69) is 32.7 Å². The van der Waals surface area contributed by atoms with Crippen molar-refractivity contribution in [2.24, 2.45) is 0 Å². The Morgan fingerprint density at radius 1 is 1.18 bits per heavy atom. The summed E-state index contributed by atoms with van der Waals surface area (Å²) in [6.45, 7) is 14.7. The van der Waals surface area contributed by atoms with E-state index in [0.29, 0.717) is 43.9 Å². The first-order valence-corrected chi connectivity index (χ1v) is 12.3. The fourth-order valence-corrected chi connectivity index (χ4v) is 4.85. The van der Waals surface area contributed by atoms with Crippen molar-refractivity contribution in [3.05, 3.63) is 11.8 Å². The number of nitrogens with zero attached hydrogens (tertiary/aromatic N) is 7. The average molecular weight is 472 g/mol. The van der Waals surface area contributed by atoms with E-state index in [0.717, 1.165) is 51.5 Å². The minimum absolute atomic E-state index is 0.230. The average Bonchev–Trinajstić information content (AvgIpc) is 3.27. The second-order valence-corrected chi connectivity index (χ2v) is 10.4. The summed E-state index contributed by atoms with van der Waals surface area (Å²) in [6, 6.07) is 4.68. The maximum Gasteiger partial charge on any atom is 0.410 e. The van der Waals surface area contributed by atoms with Crippen molar-refractivity contribution in [1.29, 1.82) is 5.26 Å². The van der Waals surface area contributed by atoms with Crippen LogP contribution in [0.5, 0.6) is 0 Å². The van der Waals surface area contributed by atoms with Crippen LogP contribution in [0.4, 0.5) is 16.6 Å². The lowest BCUT2D eigenvalue weighted by molar-refractivity contribution is 0.0240. The van der Waals surface area contributed by atoms with Gasteiger partial charge in [-0.3, -0.25) is 4.90 Å². The van der Waals surface area contributed by atoms with E-state index in [1.807, 2.05) is 20.8 Å². The van der Waals surface area contributed by atoms with Crippen molar-refractivity contribution in [3.63, 3.8) is 0 Å². The SMILES string of the molecule is C[C@H]1CN(C2CCOC2)CCCN1c1nc(C#N)cc(N2CCN(C(=O)OC(C)(C)C)CC2)n1. The van der Waals surface area contributed by atoms with Gasteiger partial charge in [0.1, 0.15) is 23.2 Å². The minimum Gasteiger partial charge on any atom is -0.444 e. The van der Waals surface area contributed by atoms with Gasteiger partial charge in [-0.15, -0.1) is 0 Å². The lowest BCUT2D eigenvalue weighted by Gasteiger charge is -2.36. The third kappa shape index (κ3) is 5.88. The summed E-state index contributed by atoms with van der Waals surface area (Å²) in [5.74, 6) is 1.35. The minimum atomic E-state index is -0.512. The Kier molecular flexibility index (Phi) is 7.43. The number of anilines is 2.